The van der Waals surface area contributed by atoms with Crippen molar-refractivity contribution in [3.63, 3.8) is 0 Å². The van der Waals surface area contributed by atoms with Crippen LogP contribution in [0.4, 0.5) is 9.39 Å². The molecule has 2 heterocycles. The minimum atomic E-state index is -0.613. The van der Waals surface area contributed by atoms with Crippen LogP contribution < -0.4 is 10.6 Å². The summed E-state index contributed by atoms with van der Waals surface area (Å²) in [5.74, 6) is -2.02. The van der Waals surface area contributed by atoms with Crippen molar-refractivity contribution in [3.8, 4) is 0 Å². The van der Waals surface area contributed by atoms with Gasteiger partial charge < -0.3 is 20.3 Å². The van der Waals surface area contributed by atoms with Crippen LogP contribution in [0.25, 0.3) is 0 Å². The molecule has 1 aliphatic heterocycles. The molecule has 1 saturated heterocycles. The summed E-state index contributed by atoms with van der Waals surface area (Å²) in [6.45, 7) is 6.11. The van der Waals surface area contributed by atoms with Gasteiger partial charge in [0.2, 0.25) is 5.91 Å². The maximum Gasteiger partial charge on any atom is 0.341 e. The molecule has 1 aliphatic rings. The molecule has 2 aromatic rings. The predicted molar refractivity (Wildman–Crippen MR) is 117 cm³/mol. The topological polar surface area (TPSA) is 87.7 Å². The van der Waals surface area contributed by atoms with Crippen molar-refractivity contribution in [2.45, 2.75) is 26.2 Å². The Morgan fingerprint density at radius 1 is 1.23 bits per heavy atom. The second-order valence-electron chi connectivity index (χ2n) is 7.30. The molecule has 0 saturated carbocycles. The number of methoxy groups -OCH3 is 1. The van der Waals surface area contributed by atoms with E-state index in [0.717, 1.165) is 11.3 Å². The lowest BCUT2D eigenvalue weighted by molar-refractivity contribution is -0.117. The third kappa shape index (κ3) is 4.94. The number of piperazine rings is 1. The molecule has 3 rings (SSSR count). The van der Waals surface area contributed by atoms with E-state index in [0.29, 0.717) is 48.6 Å². The highest BCUT2D eigenvalue weighted by Gasteiger charge is 2.30. The average molecular weight is 448 g/mol. The number of anilines is 1. The smallest absolute Gasteiger partial charge is 0.341 e. The molecule has 31 heavy (non-hydrogen) atoms. The molecule has 0 spiro atoms. The van der Waals surface area contributed by atoms with Gasteiger partial charge in [0.25, 0.3) is 5.91 Å². The average Bonchev–Trinajstić information content (AvgIpc) is 3.10. The van der Waals surface area contributed by atoms with Gasteiger partial charge in [0.1, 0.15) is 10.8 Å². The number of carbonyl (C=O) groups excluding carboxylic acids is 3. The lowest BCUT2D eigenvalue weighted by Gasteiger charge is -2.27. The summed E-state index contributed by atoms with van der Waals surface area (Å²) in [6, 6.07) is 5.77. The van der Waals surface area contributed by atoms with Gasteiger partial charge in [-0.15, -0.1) is 11.3 Å². The van der Waals surface area contributed by atoms with Gasteiger partial charge in [0, 0.05) is 26.2 Å². The highest BCUT2D eigenvalue weighted by Crippen LogP contribution is 2.35. The summed E-state index contributed by atoms with van der Waals surface area (Å²) in [4.78, 5) is 40.7. The number of esters is 1. The Bertz CT molecular complexity index is 968. The fourth-order valence-electron chi connectivity index (χ4n) is 3.63. The van der Waals surface area contributed by atoms with E-state index in [-0.39, 0.29) is 28.2 Å². The second-order valence-corrected chi connectivity index (χ2v) is 8.32. The van der Waals surface area contributed by atoms with Crippen LogP contribution in [0, 0.1) is 12.7 Å². The largest absolute Gasteiger partial charge is 0.465 e. The van der Waals surface area contributed by atoms with Crippen molar-refractivity contribution in [2.75, 3.05) is 38.6 Å². The van der Waals surface area contributed by atoms with Crippen LogP contribution in [0.15, 0.2) is 24.3 Å². The third-order valence-corrected chi connectivity index (χ3v) is 6.56. The van der Waals surface area contributed by atoms with Crippen LogP contribution >= 0.6 is 11.3 Å². The fraction of sp³-hybridized carbons (Fsp3) is 0.409. The van der Waals surface area contributed by atoms with E-state index in [4.69, 9.17) is 4.74 Å². The normalized spacial score (nSPS) is 14.8. The summed E-state index contributed by atoms with van der Waals surface area (Å²) in [5, 5.41) is 6.29. The van der Waals surface area contributed by atoms with Crippen molar-refractivity contribution < 1.29 is 23.5 Å². The first-order valence-corrected chi connectivity index (χ1v) is 11.0. The van der Waals surface area contributed by atoms with Crippen molar-refractivity contribution in [1.82, 2.24) is 10.2 Å². The molecule has 9 heteroatoms. The summed E-state index contributed by atoms with van der Waals surface area (Å²) < 4.78 is 18.2. The van der Waals surface area contributed by atoms with Crippen LogP contribution in [0.5, 0.6) is 0 Å². The molecule has 1 unspecified atom stereocenters. The number of rotatable bonds is 6. The third-order valence-electron chi connectivity index (χ3n) is 5.37. The maximum absolute atomic E-state index is 13.3. The van der Waals surface area contributed by atoms with E-state index >= 15 is 0 Å². The van der Waals surface area contributed by atoms with Crippen molar-refractivity contribution >= 4 is 34.1 Å². The van der Waals surface area contributed by atoms with Gasteiger partial charge in [-0.2, -0.15) is 0 Å². The van der Waals surface area contributed by atoms with Crippen LogP contribution in [0.1, 0.15) is 50.4 Å². The molecule has 2 amide bonds. The first-order chi connectivity index (χ1) is 14.9. The van der Waals surface area contributed by atoms with Crippen LogP contribution in [0.3, 0.4) is 0 Å². The predicted octanol–water partition coefficient (Wildman–Crippen LogP) is 3.16. The number of ether oxygens (including phenoxy) is 1. The molecule has 1 aromatic heterocycles. The van der Waals surface area contributed by atoms with E-state index in [1.807, 2.05) is 6.92 Å². The van der Waals surface area contributed by atoms with E-state index in [9.17, 15) is 18.8 Å². The Morgan fingerprint density at radius 2 is 1.87 bits per heavy atom. The zero-order valence-electron chi connectivity index (χ0n) is 17.8. The first-order valence-electron chi connectivity index (χ1n) is 10.1. The summed E-state index contributed by atoms with van der Waals surface area (Å²) >= 11 is 1.08. The first kappa shape index (κ1) is 22.9. The van der Waals surface area contributed by atoms with Crippen LogP contribution in [0.2, 0.25) is 0 Å². The van der Waals surface area contributed by atoms with Crippen LogP contribution in [-0.4, -0.2) is 56.0 Å². The molecule has 1 aromatic carbocycles. The van der Waals surface area contributed by atoms with Gasteiger partial charge in [-0.25, -0.2) is 9.18 Å². The number of carbonyl (C=O) groups is 3. The Morgan fingerprint density at radius 3 is 2.45 bits per heavy atom. The number of thiophene rings is 1. The SMILES string of the molecule is CCC(C(=O)Nc1sc(C(=O)N2CCNCC2)c(C)c1C(=O)OC)c1ccc(F)cc1. The second kappa shape index (κ2) is 10.0. The van der Waals surface area contributed by atoms with Gasteiger partial charge >= 0.3 is 5.97 Å². The number of benzene rings is 1. The molecule has 0 aliphatic carbocycles. The van der Waals surface area contributed by atoms with Gasteiger partial charge in [-0.3, -0.25) is 9.59 Å². The molecule has 1 atom stereocenters. The Balaban J connectivity index is 1.91. The lowest BCUT2D eigenvalue weighted by atomic mass is 9.95. The minimum Gasteiger partial charge on any atom is -0.465 e. The van der Waals surface area contributed by atoms with Gasteiger partial charge in [-0.05, 0) is 36.6 Å². The number of hydrogen-bond donors (Lipinski definition) is 2. The monoisotopic (exact) mass is 447 g/mol. The summed E-state index contributed by atoms with van der Waals surface area (Å²) in [6.07, 6.45) is 0.488. The summed E-state index contributed by atoms with van der Waals surface area (Å²) in [7, 11) is 1.26. The van der Waals surface area contributed by atoms with E-state index in [1.54, 1.807) is 24.0 Å². The highest BCUT2D eigenvalue weighted by molar-refractivity contribution is 7.18. The number of amides is 2. The molecule has 166 valence electrons. The number of halogens is 1. The zero-order valence-corrected chi connectivity index (χ0v) is 18.6. The molecule has 7 nitrogen and oxygen atoms in total. The molecular weight excluding hydrogens is 421 g/mol. The molecule has 1 fully saturated rings. The fourth-order valence-corrected chi connectivity index (χ4v) is 4.80. The summed E-state index contributed by atoms with van der Waals surface area (Å²) in [5.41, 5.74) is 1.35. The molecule has 0 bridgehead atoms. The Hall–Kier alpha value is -2.78. The van der Waals surface area contributed by atoms with Crippen molar-refractivity contribution in [1.29, 1.82) is 0 Å². The minimum absolute atomic E-state index is 0.166. The zero-order chi connectivity index (χ0) is 22.5. The van der Waals surface area contributed by atoms with E-state index in [1.165, 1.54) is 19.2 Å². The molecular formula is C22H26FN3O4S. The highest BCUT2D eigenvalue weighted by atomic mass is 32.1. The Labute approximate surface area is 184 Å². The maximum atomic E-state index is 13.3. The van der Waals surface area contributed by atoms with Crippen molar-refractivity contribution in [2.24, 2.45) is 0 Å². The van der Waals surface area contributed by atoms with E-state index < -0.39 is 11.9 Å². The van der Waals surface area contributed by atoms with Crippen molar-refractivity contribution in [3.05, 3.63) is 51.7 Å². The van der Waals surface area contributed by atoms with Gasteiger partial charge in [0.05, 0.1) is 23.5 Å². The van der Waals surface area contributed by atoms with Crippen LogP contribution in [-0.2, 0) is 9.53 Å². The quantitative estimate of drug-likeness (QED) is 0.665. The molecule has 0 radical (unpaired) electrons. The lowest BCUT2D eigenvalue weighted by Crippen LogP contribution is -2.46. The number of nitrogens with one attached hydrogen (secondary N) is 2. The van der Waals surface area contributed by atoms with E-state index in [2.05, 4.69) is 10.6 Å². The molecule has 2 N–H and O–H groups in total. The van der Waals surface area contributed by atoms with Gasteiger partial charge in [0.15, 0.2) is 0 Å². The van der Waals surface area contributed by atoms with Gasteiger partial charge in [-0.1, -0.05) is 19.1 Å². The Kier molecular flexibility index (Phi) is 7.40. The number of hydrogen-bond acceptors (Lipinski definition) is 6. The standard InChI is InChI=1S/C22H26FN3O4S/c1-4-16(14-5-7-15(23)8-6-14)19(27)25-20-17(22(29)30-3)13(2)18(31-20)21(28)26-11-9-24-10-12-26/h5-8,16,24H,4,9-12H2,1-3H3,(H,25,27). The number of nitrogens with zero attached hydrogens (tertiary/aromatic N) is 1.